The fraction of sp³-hybridized carbons (Fsp3) is 0.607. The highest BCUT2D eigenvalue weighted by Crippen LogP contribution is 2.53. The van der Waals surface area contributed by atoms with Crippen LogP contribution in [0.3, 0.4) is 0 Å². The molecule has 0 radical (unpaired) electrons. The summed E-state index contributed by atoms with van der Waals surface area (Å²) in [6, 6.07) is 13.9. The summed E-state index contributed by atoms with van der Waals surface area (Å²) in [5.74, 6) is 1.30. The Hall–Kier alpha value is -5.94. The van der Waals surface area contributed by atoms with Crippen LogP contribution in [-0.2, 0) is 29.4 Å². The molecule has 0 bridgehead atoms. The van der Waals surface area contributed by atoms with Gasteiger partial charge >= 0.3 is 0 Å². The van der Waals surface area contributed by atoms with Gasteiger partial charge in [-0.15, -0.1) is 0 Å². The minimum atomic E-state index is -0.687. The summed E-state index contributed by atoms with van der Waals surface area (Å²) in [5.41, 5.74) is 5.44. The maximum absolute atomic E-state index is 15.3. The largest absolute Gasteiger partial charge is 0.366 e. The number of piperidine rings is 4. The highest BCUT2D eigenvalue weighted by atomic mass is 16.2. The number of amides is 5. The number of carbonyl (C=O) groups is 5. The first-order valence-electron chi connectivity index (χ1n) is 27.5. The first kappa shape index (κ1) is 48.0. The lowest BCUT2D eigenvalue weighted by Crippen LogP contribution is -2.59. The van der Waals surface area contributed by atoms with Crippen LogP contribution in [0.25, 0.3) is 22.3 Å². The fourth-order valence-corrected chi connectivity index (χ4v) is 13.2. The molecular weight excluding hydrogens is 921 g/mol. The minimum absolute atomic E-state index is 0.100. The van der Waals surface area contributed by atoms with E-state index in [1.54, 1.807) is 6.20 Å². The van der Waals surface area contributed by atoms with Crippen LogP contribution in [0.1, 0.15) is 127 Å². The molecule has 1 spiro atoms. The first-order valence-corrected chi connectivity index (χ1v) is 27.5. The number of pyridine rings is 2. The van der Waals surface area contributed by atoms with Gasteiger partial charge in [0.2, 0.25) is 29.5 Å². The average Bonchev–Trinajstić information content (AvgIpc) is 4.06. The van der Waals surface area contributed by atoms with Gasteiger partial charge in [-0.1, -0.05) is 31.5 Å². The number of hydrogen-bond donors (Lipinski definition) is 2. The van der Waals surface area contributed by atoms with E-state index in [2.05, 4.69) is 84.8 Å². The SMILES string of the molecule is CC(C)n1cnc2cc(-c3ccc4c(c3)N(C3CC(N5CCCCC5)C3)C(=O)C43CCN(C(=O)C4(C)CCN(C(=O)CN5CCN(c6ccc([C@H]7CCC(=O)NC7=O)cn6)CC5)CC4)CC3)nc(NC3CC3)c21. The Morgan fingerprint density at radius 3 is 2.23 bits per heavy atom. The summed E-state index contributed by atoms with van der Waals surface area (Å²) >= 11 is 0. The molecule has 12 rings (SSSR count). The topological polar surface area (TPSA) is 172 Å². The molecule has 2 saturated carbocycles. The van der Waals surface area contributed by atoms with Gasteiger partial charge in [-0.25, -0.2) is 15.0 Å². The molecule has 0 unspecified atom stereocenters. The standard InChI is InChI=1S/C56H72N12O5/c1-36(2)67-35-58-45-32-44(60-51(50(45)67)59-39-9-10-39)37-7-12-43-46(29-37)68(41-30-40(31-41)63-19-5-4-6-20-63)54(73)56(43)17-23-66(24-18-56)53(72)55(3)15-21-65(22-16-55)49(70)34-62-25-27-64(28-26-62)47-13-8-38(33-57-47)42-11-14-48(69)61-52(42)71/h7-8,12-13,29,32-33,35-36,39-42H,4-6,9-11,14-28,30-31,34H2,1-3H3,(H,59,60)(H,61,69,71)/t40?,41?,42-/m1/s1. The number of imidazole rings is 1. The molecule has 17 heteroatoms. The summed E-state index contributed by atoms with van der Waals surface area (Å²) in [7, 11) is 0. The number of likely N-dealkylation sites (tertiary alicyclic amines) is 3. The molecule has 5 saturated heterocycles. The maximum Gasteiger partial charge on any atom is 0.238 e. The summed E-state index contributed by atoms with van der Waals surface area (Å²) in [4.78, 5) is 95.5. The summed E-state index contributed by atoms with van der Waals surface area (Å²) in [5, 5.41) is 6.13. The van der Waals surface area contributed by atoms with Crippen molar-refractivity contribution in [3.8, 4) is 11.3 Å². The molecular formula is C56H72N12O5. The number of hydrogen-bond acceptors (Lipinski definition) is 12. The van der Waals surface area contributed by atoms with Gasteiger partial charge in [-0.2, -0.15) is 0 Å². The maximum atomic E-state index is 15.3. The Morgan fingerprint density at radius 2 is 1.55 bits per heavy atom. The number of imide groups is 1. The van der Waals surface area contributed by atoms with Gasteiger partial charge in [0.05, 0.1) is 35.4 Å². The Kier molecular flexibility index (Phi) is 12.6. The molecule has 2 N–H and O–H groups in total. The van der Waals surface area contributed by atoms with Crippen molar-refractivity contribution < 1.29 is 24.0 Å². The van der Waals surface area contributed by atoms with Crippen molar-refractivity contribution in [3.05, 3.63) is 60.0 Å². The summed E-state index contributed by atoms with van der Waals surface area (Å²) in [6.45, 7) is 14.1. The molecule has 8 aliphatic rings. The zero-order valence-corrected chi connectivity index (χ0v) is 43.0. The highest BCUT2D eigenvalue weighted by molar-refractivity contribution is 6.09. The van der Waals surface area contributed by atoms with Crippen molar-refractivity contribution >= 4 is 57.9 Å². The van der Waals surface area contributed by atoms with Crippen molar-refractivity contribution in [1.82, 2.24) is 44.4 Å². The van der Waals surface area contributed by atoms with E-state index >= 15 is 4.79 Å². The van der Waals surface area contributed by atoms with E-state index in [0.717, 1.165) is 116 Å². The number of anilines is 3. The van der Waals surface area contributed by atoms with Gasteiger partial charge in [0.15, 0.2) is 5.82 Å². The predicted octanol–water partition coefficient (Wildman–Crippen LogP) is 5.84. The smallest absolute Gasteiger partial charge is 0.238 e. The van der Waals surface area contributed by atoms with Gasteiger partial charge in [-0.3, -0.25) is 34.2 Å². The van der Waals surface area contributed by atoms with Crippen LogP contribution in [0.15, 0.2) is 48.9 Å². The molecule has 4 aromatic rings. The van der Waals surface area contributed by atoms with Gasteiger partial charge in [0, 0.05) is 106 Å². The van der Waals surface area contributed by atoms with Crippen LogP contribution >= 0.6 is 0 Å². The molecule has 1 aromatic carbocycles. The highest BCUT2D eigenvalue weighted by Gasteiger charge is 2.56. The Bertz CT molecular complexity index is 2790. The Balaban J connectivity index is 0.689. The molecule has 7 fully saturated rings. The number of carbonyl (C=O) groups excluding carboxylic acids is 5. The normalized spacial score (nSPS) is 25.6. The van der Waals surface area contributed by atoms with E-state index in [9.17, 15) is 19.2 Å². The van der Waals surface area contributed by atoms with Crippen LogP contribution in [0.4, 0.5) is 17.3 Å². The molecule has 2 aliphatic carbocycles. The van der Waals surface area contributed by atoms with Crippen molar-refractivity contribution in [2.75, 3.05) is 87.1 Å². The Morgan fingerprint density at radius 1 is 0.808 bits per heavy atom. The van der Waals surface area contributed by atoms with Crippen molar-refractivity contribution in [2.45, 2.75) is 140 Å². The van der Waals surface area contributed by atoms with Crippen LogP contribution in [0.2, 0.25) is 0 Å². The third kappa shape index (κ3) is 8.95. The summed E-state index contributed by atoms with van der Waals surface area (Å²) < 4.78 is 2.20. The third-order valence-electron chi connectivity index (χ3n) is 18.2. The van der Waals surface area contributed by atoms with Crippen LogP contribution < -0.4 is 20.4 Å². The number of nitrogens with zero attached hydrogens (tertiary/aromatic N) is 10. The van der Waals surface area contributed by atoms with Crippen LogP contribution in [0.5, 0.6) is 0 Å². The third-order valence-corrected chi connectivity index (χ3v) is 18.2. The van der Waals surface area contributed by atoms with E-state index in [0.29, 0.717) is 83.3 Å². The second-order valence-electron chi connectivity index (χ2n) is 23.2. The van der Waals surface area contributed by atoms with Gasteiger partial charge in [0.1, 0.15) is 11.3 Å². The molecule has 5 amide bonds. The molecule has 6 aliphatic heterocycles. The van der Waals surface area contributed by atoms with E-state index < -0.39 is 10.8 Å². The number of piperazine rings is 1. The van der Waals surface area contributed by atoms with E-state index in [-0.39, 0.29) is 47.5 Å². The van der Waals surface area contributed by atoms with Crippen LogP contribution in [-0.4, -0.2) is 159 Å². The van der Waals surface area contributed by atoms with Crippen LogP contribution in [0, 0.1) is 5.41 Å². The number of nitrogens with one attached hydrogen (secondary N) is 2. The lowest BCUT2D eigenvalue weighted by atomic mass is 9.72. The van der Waals surface area contributed by atoms with E-state index in [1.807, 2.05) is 28.3 Å². The van der Waals surface area contributed by atoms with Crippen molar-refractivity contribution in [1.29, 1.82) is 0 Å². The van der Waals surface area contributed by atoms with Crippen molar-refractivity contribution in [2.24, 2.45) is 5.41 Å². The molecule has 17 nitrogen and oxygen atoms in total. The number of aromatic nitrogens is 4. The first-order chi connectivity index (χ1) is 35.3. The minimum Gasteiger partial charge on any atom is -0.366 e. The van der Waals surface area contributed by atoms with Gasteiger partial charge < -0.3 is 34.4 Å². The molecule has 73 heavy (non-hydrogen) atoms. The number of benzene rings is 1. The zero-order valence-electron chi connectivity index (χ0n) is 43.0. The molecule has 386 valence electrons. The average molecular weight is 993 g/mol. The monoisotopic (exact) mass is 993 g/mol. The molecule has 3 aromatic heterocycles. The number of rotatable bonds is 11. The quantitative estimate of drug-likeness (QED) is 0.172. The lowest BCUT2D eigenvalue weighted by molar-refractivity contribution is -0.149. The van der Waals surface area contributed by atoms with E-state index in [4.69, 9.17) is 9.97 Å². The number of fused-ring (bicyclic) bond motifs is 3. The zero-order chi connectivity index (χ0) is 50.2. The molecule has 1 atom stereocenters. The van der Waals surface area contributed by atoms with Gasteiger partial charge in [0.25, 0.3) is 0 Å². The fourth-order valence-electron chi connectivity index (χ4n) is 13.2. The second kappa shape index (κ2) is 19.1. The predicted molar refractivity (Wildman–Crippen MR) is 279 cm³/mol. The lowest BCUT2D eigenvalue weighted by Gasteiger charge is -2.48. The van der Waals surface area contributed by atoms with Gasteiger partial charge in [-0.05, 0) is 127 Å². The Labute approximate surface area is 428 Å². The summed E-state index contributed by atoms with van der Waals surface area (Å²) in [6.07, 6.45) is 15.0. The second-order valence-corrected chi connectivity index (χ2v) is 23.2. The van der Waals surface area contributed by atoms with E-state index in [1.165, 1.54) is 19.3 Å². The van der Waals surface area contributed by atoms with Crippen molar-refractivity contribution in [3.63, 3.8) is 0 Å². The molecule has 9 heterocycles.